The van der Waals surface area contributed by atoms with Gasteiger partial charge in [-0.15, -0.1) is 11.3 Å². The third-order valence-corrected chi connectivity index (χ3v) is 5.77. The van der Waals surface area contributed by atoms with Gasteiger partial charge < -0.3 is 5.11 Å². The van der Waals surface area contributed by atoms with Crippen molar-refractivity contribution in [3.05, 3.63) is 64.5 Å². The van der Waals surface area contributed by atoms with Crippen LogP contribution in [0.15, 0.2) is 42.7 Å². The second-order valence-corrected chi connectivity index (χ2v) is 8.99. The summed E-state index contributed by atoms with van der Waals surface area (Å²) in [6.07, 6.45) is 4.77. The Hall–Kier alpha value is -1.78. The zero-order valence-corrected chi connectivity index (χ0v) is 16.0. The number of hydrogen-bond acceptors (Lipinski definition) is 3. The van der Waals surface area contributed by atoms with Crippen LogP contribution in [0.4, 0.5) is 4.39 Å². The van der Waals surface area contributed by atoms with E-state index in [1.54, 1.807) is 29.7 Å². The normalized spacial score (nSPS) is 14.6. The van der Waals surface area contributed by atoms with Crippen LogP contribution in [0.3, 0.4) is 0 Å². The summed E-state index contributed by atoms with van der Waals surface area (Å²) < 4.78 is 14.8. The molecule has 0 spiro atoms. The molecule has 0 aliphatic carbocycles. The second kappa shape index (κ2) is 6.50. The molecule has 2 heterocycles. The first-order valence-electron chi connectivity index (χ1n) is 8.48. The lowest BCUT2D eigenvalue weighted by molar-refractivity contribution is 0.0322. The van der Waals surface area contributed by atoms with E-state index in [0.717, 1.165) is 26.1 Å². The monoisotopic (exact) mass is 357 g/mol. The van der Waals surface area contributed by atoms with E-state index in [1.165, 1.54) is 6.07 Å². The summed E-state index contributed by atoms with van der Waals surface area (Å²) in [5.41, 5.74) is 0.799. The molecule has 3 rings (SSSR count). The van der Waals surface area contributed by atoms with Crippen LogP contribution in [-0.2, 0) is 11.8 Å². The maximum absolute atomic E-state index is 13.7. The average Bonchev–Trinajstić information content (AvgIpc) is 2.89. The van der Waals surface area contributed by atoms with E-state index in [4.69, 9.17) is 0 Å². The fraction of sp³-hybridized carbons (Fsp3) is 0.381. The van der Waals surface area contributed by atoms with E-state index < -0.39 is 5.60 Å². The molecule has 0 saturated heterocycles. The highest BCUT2D eigenvalue weighted by Crippen LogP contribution is 2.37. The van der Waals surface area contributed by atoms with Crippen LogP contribution < -0.4 is 0 Å². The summed E-state index contributed by atoms with van der Waals surface area (Å²) in [5, 5.41) is 12.2. The summed E-state index contributed by atoms with van der Waals surface area (Å²) in [7, 11) is 0. The topological polar surface area (TPSA) is 33.1 Å². The van der Waals surface area contributed by atoms with Crippen molar-refractivity contribution >= 4 is 21.4 Å². The number of fused-ring (bicyclic) bond motifs is 1. The van der Waals surface area contributed by atoms with Gasteiger partial charge in [-0.2, -0.15) is 0 Å². The van der Waals surface area contributed by atoms with Gasteiger partial charge in [0.05, 0.1) is 10.3 Å². The highest BCUT2D eigenvalue weighted by molar-refractivity contribution is 7.19. The fourth-order valence-electron chi connectivity index (χ4n) is 3.84. The number of rotatable bonds is 5. The summed E-state index contributed by atoms with van der Waals surface area (Å²) >= 11 is 1.67. The molecule has 1 atom stereocenters. The first-order valence-corrected chi connectivity index (χ1v) is 9.29. The van der Waals surface area contributed by atoms with Crippen molar-refractivity contribution < 1.29 is 9.50 Å². The largest absolute Gasteiger partial charge is 0.390 e. The zero-order chi connectivity index (χ0) is 18.2. The Balaban J connectivity index is 1.83. The summed E-state index contributed by atoms with van der Waals surface area (Å²) in [4.78, 5) is 5.29. The smallest absolute Gasteiger partial charge is 0.123 e. The van der Waals surface area contributed by atoms with Gasteiger partial charge in [-0.05, 0) is 66.5 Å². The molecule has 3 aromatic rings. The van der Waals surface area contributed by atoms with E-state index in [1.807, 2.05) is 26.1 Å². The molecule has 2 nitrogen and oxygen atoms in total. The van der Waals surface area contributed by atoms with Crippen molar-refractivity contribution in [2.45, 2.75) is 51.6 Å². The molecule has 0 amide bonds. The van der Waals surface area contributed by atoms with Gasteiger partial charge in [0.1, 0.15) is 5.82 Å². The molecular weight excluding hydrogens is 333 g/mol. The first-order chi connectivity index (χ1) is 11.7. The van der Waals surface area contributed by atoms with Crippen LogP contribution in [0.5, 0.6) is 0 Å². The molecule has 0 saturated carbocycles. The third kappa shape index (κ3) is 4.07. The van der Waals surface area contributed by atoms with Crippen LogP contribution in [0.25, 0.3) is 10.1 Å². The van der Waals surface area contributed by atoms with E-state index >= 15 is 0 Å². The van der Waals surface area contributed by atoms with Crippen LogP contribution in [0, 0.1) is 12.7 Å². The number of pyridine rings is 1. The molecule has 0 aliphatic rings. The SMILES string of the molecule is Cc1ccc(F)cc1C(C)(C)CC(C)(O)Cc1cc2ccncc2s1. The predicted octanol–water partition coefficient (Wildman–Crippen LogP) is 5.41. The van der Waals surface area contributed by atoms with Gasteiger partial charge in [-0.1, -0.05) is 19.9 Å². The van der Waals surface area contributed by atoms with Gasteiger partial charge in [0, 0.05) is 23.7 Å². The Morgan fingerprint density at radius 1 is 1.16 bits per heavy atom. The molecule has 0 radical (unpaired) electrons. The molecule has 1 unspecified atom stereocenters. The van der Waals surface area contributed by atoms with Crippen molar-refractivity contribution in [3.63, 3.8) is 0 Å². The average molecular weight is 357 g/mol. The van der Waals surface area contributed by atoms with Crippen LogP contribution in [0.2, 0.25) is 0 Å². The maximum atomic E-state index is 13.7. The van der Waals surface area contributed by atoms with Crippen molar-refractivity contribution in [2.75, 3.05) is 0 Å². The second-order valence-electron chi connectivity index (χ2n) is 7.82. The molecular formula is C21H24FNOS. The minimum absolute atomic E-state index is 0.231. The number of aryl methyl sites for hydroxylation is 1. The van der Waals surface area contributed by atoms with Crippen LogP contribution >= 0.6 is 11.3 Å². The third-order valence-electron chi connectivity index (χ3n) is 4.68. The van der Waals surface area contributed by atoms with E-state index in [9.17, 15) is 9.50 Å². The Bertz CT molecular complexity index is 865. The van der Waals surface area contributed by atoms with Gasteiger partial charge in [0.15, 0.2) is 0 Å². The molecule has 1 N–H and O–H groups in total. The standard InChI is InChI=1S/C21H24FNOS/c1-14-5-6-16(22)10-18(14)20(2,3)13-21(4,24)11-17-9-15-7-8-23-12-19(15)25-17/h5-10,12,24H,11,13H2,1-4H3. The number of aliphatic hydroxyl groups is 1. The fourth-order valence-corrected chi connectivity index (χ4v) is 5.04. The number of thiophene rings is 1. The van der Waals surface area contributed by atoms with Gasteiger partial charge in [-0.3, -0.25) is 4.98 Å². The lowest BCUT2D eigenvalue weighted by Gasteiger charge is -2.35. The highest BCUT2D eigenvalue weighted by atomic mass is 32.1. The quantitative estimate of drug-likeness (QED) is 0.663. The number of halogens is 1. The van der Waals surface area contributed by atoms with Crippen LogP contribution in [-0.4, -0.2) is 15.7 Å². The molecule has 4 heteroatoms. The van der Waals surface area contributed by atoms with Gasteiger partial charge in [0.25, 0.3) is 0 Å². The Labute approximate surface area is 152 Å². The summed E-state index contributed by atoms with van der Waals surface area (Å²) in [6, 6.07) is 9.00. The number of nitrogens with zero attached hydrogens (tertiary/aromatic N) is 1. The molecule has 2 aromatic heterocycles. The Morgan fingerprint density at radius 2 is 1.92 bits per heavy atom. The summed E-state index contributed by atoms with van der Waals surface area (Å²) in [5.74, 6) is -0.231. The number of benzene rings is 1. The highest BCUT2D eigenvalue weighted by Gasteiger charge is 2.33. The van der Waals surface area contributed by atoms with Gasteiger partial charge in [-0.25, -0.2) is 4.39 Å². The zero-order valence-electron chi connectivity index (χ0n) is 15.1. The molecule has 0 aliphatic heterocycles. The van der Waals surface area contributed by atoms with E-state index in [2.05, 4.69) is 24.9 Å². The van der Waals surface area contributed by atoms with Crippen molar-refractivity contribution in [1.29, 1.82) is 0 Å². The lowest BCUT2D eigenvalue weighted by Crippen LogP contribution is -2.36. The summed E-state index contributed by atoms with van der Waals surface area (Å²) in [6.45, 7) is 7.99. The maximum Gasteiger partial charge on any atom is 0.123 e. The Kier molecular flexibility index (Phi) is 4.69. The minimum Gasteiger partial charge on any atom is -0.390 e. The molecule has 1 aromatic carbocycles. The molecule has 0 fully saturated rings. The minimum atomic E-state index is -0.878. The molecule has 25 heavy (non-hydrogen) atoms. The molecule has 132 valence electrons. The Morgan fingerprint density at radius 3 is 2.64 bits per heavy atom. The van der Waals surface area contributed by atoms with Crippen LogP contribution in [0.1, 0.15) is 43.2 Å². The molecule has 0 bridgehead atoms. The van der Waals surface area contributed by atoms with Crippen molar-refractivity contribution in [1.82, 2.24) is 4.98 Å². The number of hydrogen-bond donors (Lipinski definition) is 1. The number of aromatic nitrogens is 1. The predicted molar refractivity (Wildman–Crippen MR) is 103 cm³/mol. The first kappa shape index (κ1) is 18.0. The van der Waals surface area contributed by atoms with Crippen molar-refractivity contribution in [2.24, 2.45) is 0 Å². The van der Waals surface area contributed by atoms with E-state index in [-0.39, 0.29) is 11.2 Å². The lowest BCUT2D eigenvalue weighted by atomic mass is 9.73. The van der Waals surface area contributed by atoms with Gasteiger partial charge >= 0.3 is 0 Å². The van der Waals surface area contributed by atoms with E-state index in [0.29, 0.717) is 12.8 Å². The van der Waals surface area contributed by atoms with Crippen molar-refractivity contribution in [3.8, 4) is 0 Å². The van der Waals surface area contributed by atoms with Gasteiger partial charge in [0.2, 0.25) is 0 Å².